The fourth-order valence-corrected chi connectivity index (χ4v) is 13.2. The van der Waals surface area contributed by atoms with E-state index in [1.54, 1.807) is 60.6 Å². The summed E-state index contributed by atoms with van der Waals surface area (Å²) < 4.78 is 18.0. The minimum atomic E-state index is -1.87. The lowest BCUT2D eigenvalue weighted by molar-refractivity contribution is -0.314. The largest absolute Gasteiger partial charge is 0.394 e. The second-order valence-electron chi connectivity index (χ2n) is 29.0. The number of unbranched alkanes of at least 4 members (excludes halogenated alkanes) is 3. The minimum absolute atomic E-state index is 0.0504. The predicted molar refractivity (Wildman–Crippen MR) is 363 cm³/mol. The van der Waals surface area contributed by atoms with Gasteiger partial charge in [0.2, 0.25) is 0 Å². The Morgan fingerprint density at radius 3 is 1.69 bits per heavy atom. The van der Waals surface area contributed by atoms with Crippen LogP contribution in [0.1, 0.15) is 198 Å². The fourth-order valence-electron chi connectivity index (χ4n) is 13.2. The molecule has 1 fully saturated rings. The lowest BCUT2D eigenvalue weighted by Gasteiger charge is -2.41. The van der Waals surface area contributed by atoms with Gasteiger partial charge in [-0.3, -0.25) is 4.79 Å². The van der Waals surface area contributed by atoms with Crippen LogP contribution < -0.4 is 5.73 Å². The molecule has 0 spiro atoms. The maximum atomic E-state index is 13.2. The molecule has 23 heteroatoms. The minimum Gasteiger partial charge on any atom is -0.394 e. The number of carbonyl (C=O) groups excluding carboxylic acids is 1. The van der Waals surface area contributed by atoms with E-state index >= 15 is 0 Å². The van der Waals surface area contributed by atoms with Crippen molar-refractivity contribution in [1.29, 1.82) is 0 Å². The number of Topliss-reactive ketones (excluding diaryl/α,β-unsaturated/α-hetero) is 1. The van der Waals surface area contributed by atoms with Crippen LogP contribution in [0, 0.1) is 53.3 Å². The van der Waals surface area contributed by atoms with E-state index in [-0.39, 0.29) is 80.7 Å². The highest BCUT2D eigenvalue weighted by Crippen LogP contribution is 2.33. The van der Waals surface area contributed by atoms with Crippen molar-refractivity contribution in [3.05, 3.63) is 47.6 Å². The van der Waals surface area contributed by atoms with Gasteiger partial charge in [-0.2, -0.15) is 0 Å². The molecule has 0 aliphatic carbocycles. The molecule has 20 N–H and O–H groups in total. The third kappa shape index (κ3) is 31.7. The lowest BCUT2D eigenvalue weighted by Crippen LogP contribution is -2.60. The van der Waals surface area contributed by atoms with Gasteiger partial charge in [-0.25, -0.2) is 0 Å². The summed E-state index contributed by atoms with van der Waals surface area (Å²) in [6.07, 6.45) is -9.02. The summed E-state index contributed by atoms with van der Waals surface area (Å²) in [7, 11) is 0. The molecular weight excluding hydrogens is 1230 g/mol. The van der Waals surface area contributed by atoms with Gasteiger partial charge in [-0.05, 0) is 120 Å². The monoisotopic (exact) mass is 1360 g/mol. The molecule has 30 atom stereocenters. The molecular formula is C72H133NO22. The van der Waals surface area contributed by atoms with Gasteiger partial charge in [0, 0.05) is 54.3 Å². The number of aliphatic hydroxyl groups is 18. The van der Waals surface area contributed by atoms with Crippen molar-refractivity contribution in [3.8, 4) is 0 Å². The standard InChI is InChI=1S/C72H133NO22/c1-40-21-18-19-24-52(76)33-51(75)23-16-14-17-25-55(79)39-93-71(43(4)22-15-12-13-20-30-73)50(11)60(84)37-56(80)36-59(83)48(9)66(88)47(8)57(81)34-53(77)28-26-41(2)63(85)42(3)27-29-54(78)35-58(82)49(10)67(89)61(32-46(7)65(87)45(6)31-44(5)64(40)86)94-72-70(92)69(91)68(90)62(38-74)95-72/h18,21,27,29,31-32,40-43,45,47-54,56-72,74-78,80-92H,12-17,19-20,22-26,28,30,33-39,73H2,1-11H3. The zero-order valence-corrected chi connectivity index (χ0v) is 59.1. The Labute approximate surface area is 567 Å². The fraction of sp³-hybridized carbons (Fsp3) is 0.875. The number of ketones is 1. The molecule has 0 aromatic carbocycles. The smallest absolute Gasteiger partial charge is 0.187 e. The predicted octanol–water partition coefficient (Wildman–Crippen LogP) is 3.29. The first-order chi connectivity index (χ1) is 44.6. The molecule has 2 rings (SSSR count). The van der Waals surface area contributed by atoms with Crippen molar-refractivity contribution in [3.63, 3.8) is 0 Å². The van der Waals surface area contributed by atoms with Crippen LogP contribution in [0.3, 0.4) is 0 Å². The molecule has 0 saturated carbocycles. The number of hydrogen-bond acceptors (Lipinski definition) is 23. The highest BCUT2D eigenvalue weighted by molar-refractivity contribution is 5.79. The van der Waals surface area contributed by atoms with Gasteiger partial charge in [-0.15, -0.1) is 0 Å². The van der Waals surface area contributed by atoms with E-state index in [4.69, 9.17) is 19.9 Å². The molecule has 0 radical (unpaired) electrons. The van der Waals surface area contributed by atoms with Crippen molar-refractivity contribution in [2.24, 2.45) is 59.0 Å². The highest BCUT2D eigenvalue weighted by atomic mass is 16.7. The van der Waals surface area contributed by atoms with Crippen LogP contribution in [0.2, 0.25) is 0 Å². The van der Waals surface area contributed by atoms with Crippen LogP contribution in [-0.2, 0) is 19.0 Å². The average molecular weight is 1360 g/mol. The molecule has 0 bridgehead atoms. The number of hydrogen-bond donors (Lipinski definition) is 19. The molecule has 95 heavy (non-hydrogen) atoms. The van der Waals surface area contributed by atoms with E-state index in [2.05, 4.69) is 0 Å². The maximum Gasteiger partial charge on any atom is 0.187 e. The van der Waals surface area contributed by atoms with Gasteiger partial charge in [0.15, 0.2) is 12.1 Å². The Hall–Kier alpha value is -2.25. The van der Waals surface area contributed by atoms with Gasteiger partial charge < -0.3 is 112 Å². The van der Waals surface area contributed by atoms with Crippen LogP contribution in [0.25, 0.3) is 0 Å². The van der Waals surface area contributed by atoms with E-state index < -0.39 is 170 Å². The molecule has 2 heterocycles. The summed E-state index contributed by atoms with van der Waals surface area (Å²) in [5.74, 6) is -5.34. The molecule has 0 aromatic heterocycles. The van der Waals surface area contributed by atoms with Crippen LogP contribution in [-0.4, -0.2) is 246 Å². The zero-order valence-electron chi connectivity index (χ0n) is 59.1. The molecule has 23 nitrogen and oxygen atoms in total. The Morgan fingerprint density at radius 1 is 0.526 bits per heavy atom. The molecule has 30 unspecified atom stereocenters. The second-order valence-corrected chi connectivity index (χ2v) is 29.0. The van der Waals surface area contributed by atoms with Crippen molar-refractivity contribution in [2.45, 2.75) is 327 Å². The third-order valence-electron chi connectivity index (χ3n) is 20.4. The molecule has 0 aromatic rings. The third-order valence-corrected chi connectivity index (χ3v) is 20.4. The molecule has 2 aliphatic rings. The van der Waals surface area contributed by atoms with Gasteiger partial charge in [0.05, 0.1) is 98.2 Å². The van der Waals surface area contributed by atoms with Crippen LogP contribution >= 0.6 is 0 Å². The Bertz CT molecular complexity index is 2170. The van der Waals surface area contributed by atoms with E-state index in [1.807, 2.05) is 32.9 Å². The van der Waals surface area contributed by atoms with Gasteiger partial charge in [0.1, 0.15) is 37.1 Å². The first-order valence-electron chi connectivity index (χ1n) is 35.6. The number of ether oxygens (including phenoxy) is 3. The Balaban J connectivity index is 2.40. The van der Waals surface area contributed by atoms with Crippen LogP contribution in [0.4, 0.5) is 0 Å². The number of carbonyl (C=O) groups is 1. The van der Waals surface area contributed by atoms with E-state index in [0.717, 1.165) is 32.1 Å². The summed E-state index contributed by atoms with van der Waals surface area (Å²) in [5, 5.41) is 200. The first kappa shape index (κ1) is 88.8. The lowest BCUT2D eigenvalue weighted by atomic mass is 9.81. The Kier molecular flexibility index (Phi) is 43.3. The maximum absolute atomic E-state index is 13.2. The summed E-state index contributed by atoms with van der Waals surface area (Å²) in [5.41, 5.74) is 6.49. The SMILES string of the molecule is CC1=CC(C)C(O)C(C)=CC(OC2OC(CO)C(O)C(O)C2O)C(O)C(C)C(O)CC(O)C=CC(C)C(O)C(C)CCC(O)CC(O)C(C)C(O)C(C)C(O)CC(O)CC(O)C(C)C(C(C)CCCCCCN)OCC(=O)CCCCCC(O)CC(O)CCC=CC(C)C1O. The Morgan fingerprint density at radius 2 is 1.07 bits per heavy atom. The summed E-state index contributed by atoms with van der Waals surface area (Å²) >= 11 is 0. The summed E-state index contributed by atoms with van der Waals surface area (Å²) in [6, 6.07) is 0. The average Bonchev–Trinajstić information content (AvgIpc) is 0.826. The van der Waals surface area contributed by atoms with Crippen LogP contribution in [0.15, 0.2) is 47.6 Å². The van der Waals surface area contributed by atoms with Crippen molar-refractivity contribution in [2.75, 3.05) is 19.8 Å². The number of rotatable bonds is 10. The normalized spacial score (nSPS) is 42.0. The number of aliphatic hydroxyl groups excluding tert-OH is 18. The topological polar surface area (TPSA) is 435 Å². The zero-order chi connectivity index (χ0) is 72.0. The molecule has 0 amide bonds. The van der Waals surface area contributed by atoms with E-state index in [9.17, 15) is 96.7 Å². The quantitative estimate of drug-likeness (QED) is 0.110. The van der Waals surface area contributed by atoms with E-state index in [1.165, 1.54) is 19.1 Å². The number of allylic oxidation sites excluding steroid dienone is 1. The summed E-state index contributed by atoms with van der Waals surface area (Å²) in [6.45, 7) is 18.5. The van der Waals surface area contributed by atoms with E-state index in [0.29, 0.717) is 57.1 Å². The second kappa shape index (κ2) is 46.3. The molecule has 558 valence electrons. The van der Waals surface area contributed by atoms with Crippen molar-refractivity contribution < 1.29 is 111 Å². The molecule has 2 aliphatic heterocycles. The highest BCUT2D eigenvalue weighted by Gasteiger charge is 2.46. The van der Waals surface area contributed by atoms with Crippen molar-refractivity contribution in [1.82, 2.24) is 0 Å². The van der Waals surface area contributed by atoms with Gasteiger partial charge >= 0.3 is 0 Å². The van der Waals surface area contributed by atoms with Gasteiger partial charge in [-0.1, -0.05) is 131 Å². The first-order valence-corrected chi connectivity index (χ1v) is 35.6. The number of nitrogens with two attached hydrogens (primary N) is 1. The van der Waals surface area contributed by atoms with Crippen molar-refractivity contribution >= 4 is 5.78 Å². The van der Waals surface area contributed by atoms with Crippen LogP contribution in [0.5, 0.6) is 0 Å². The summed E-state index contributed by atoms with van der Waals surface area (Å²) in [4.78, 5) is 13.2. The van der Waals surface area contributed by atoms with Gasteiger partial charge in [0.25, 0.3) is 0 Å². The molecule has 1 saturated heterocycles.